The number of nitrogens with one attached hydrogen (secondary N) is 1. The quantitative estimate of drug-likeness (QED) is 0.288. The van der Waals surface area contributed by atoms with Gasteiger partial charge in [0.05, 0.1) is 13.3 Å². The van der Waals surface area contributed by atoms with Crippen molar-refractivity contribution in [3.63, 3.8) is 0 Å². The molecule has 0 aliphatic carbocycles. The predicted octanol–water partition coefficient (Wildman–Crippen LogP) is 4.32. The number of hydrogen-bond acceptors (Lipinski definition) is 8. The van der Waals surface area contributed by atoms with Crippen LogP contribution in [-0.2, 0) is 19.6 Å². The largest absolute Gasteiger partial charge is 0.480 e. The van der Waals surface area contributed by atoms with E-state index in [4.69, 9.17) is 4.74 Å². The Hall–Kier alpha value is -4.98. The Morgan fingerprint density at radius 1 is 0.886 bits per heavy atom. The molecule has 0 radical (unpaired) electrons. The lowest BCUT2D eigenvalue weighted by atomic mass is 10.0. The molecule has 5 rings (SSSR count). The number of fused-ring (bicyclic) bond motifs is 1. The average molecular weight is 626 g/mol. The number of piperazine rings is 1. The molecule has 10 nitrogen and oxygen atoms in total. The lowest BCUT2D eigenvalue weighted by Crippen LogP contribution is -2.48. The fourth-order valence-corrected chi connectivity index (χ4v) is 5.91. The molecule has 44 heavy (non-hydrogen) atoms. The number of sulfonamides is 1. The number of ether oxygens (including phenoxy) is 1. The number of hydrogen-bond donors (Lipinski definition) is 1. The number of benzene rings is 2. The zero-order chi connectivity index (χ0) is 31.6. The molecule has 0 spiro atoms. The molecule has 1 aliphatic heterocycles. The van der Waals surface area contributed by atoms with Crippen LogP contribution in [-0.4, -0.2) is 68.3 Å². The number of carbonyl (C=O) groups is 2. The van der Waals surface area contributed by atoms with Crippen molar-refractivity contribution in [3.05, 3.63) is 84.5 Å². The Balaban J connectivity index is 1.46. The standard InChI is InChI=1S/C30H26F3N5O5S/c1-18(39)3-8-28(40)37-9-11-38(12-10-37)29-23-13-19(4-6-22(23)25(33)17-34-29)20-14-26(30(43-2)35-16-20)36-44(41,42)27-7-5-21(31)15-24(27)32/h3-8,13-17,36H,9-12H2,1-2H3. The van der Waals surface area contributed by atoms with Crippen molar-refractivity contribution in [1.29, 1.82) is 0 Å². The third kappa shape index (κ3) is 6.34. The topological polar surface area (TPSA) is 122 Å². The van der Waals surface area contributed by atoms with Gasteiger partial charge in [-0.05, 0) is 42.8 Å². The molecule has 1 fully saturated rings. The summed E-state index contributed by atoms with van der Waals surface area (Å²) in [5.74, 6) is -2.85. The summed E-state index contributed by atoms with van der Waals surface area (Å²) in [6.07, 6.45) is 5.02. The number of aromatic nitrogens is 2. The van der Waals surface area contributed by atoms with Gasteiger partial charge in [0, 0.05) is 60.9 Å². The molecule has 228 valence electrons. The van der Waals surface area contributed by atoms with Crippen LogP contribution in [0.4, 0.5) is 24.7 Å². The van der Waals surface area contributed by atoms with Crippen molar-refractivity contribution in [3.8, 4) is 17.0 Å². The number of methoxy groups -OCH3 is 1. The summed E-state index contributed by atoms with van der Waals surface area (Å²) in [6.45, 7) is 2.91. The number of rotatable bonds is 8. The van der Waals surface area contributed by atoms with Crippen LogP contribution in [0.1, 0.15) is 6.92 Å². The van der Waals surface area contributed by atoms with E-state index >= 15 is 0 Å². The van der Waals surface area contributed by atoms with E-state index in [2.05, 4.69) is 14.7 Å². The molecular formula is C30H26F3N5O5S. The van der Waals surface area contributed by atoms with Crippen molar-refractivity contribution >= 4 is 44.0 Å². The Kier molecular flexibility index (Phi) is 8.54. The maximum absolute atomic E-state index is 14.8. The number of pyridine rings is 2. The van der Waals surface area contributed by atoms with Gasteiger partial charge in [0.2, 0.25) is 11.8 Å². The van der Waals surface area contributed by atoms with E-state index in [1.54, 1.807) is 23.1 Å². The van der Waals surface area contributed by atoms with Crippen molar-refractivity contribution in [1.82, 2.24) is 14.9 Å². The summed E-state index contributed by atoms with van der Waals surface area (Å²) in [5.41, 5.74) is 0.858. The monoisotopic (exact) mass is 625 g/mol. The highest BCUT2D eigenvalue weighted by molar-refractivity contribution is 7.92. The highest BCUT2D eigenvalue weighted by Gasteiger charge is 2.24. The van der Waals surface area contributed by atoms with Crippen LogP contribution in [0.5, 0.6) is 5.88 Å². The third-order valence-electron chi connectivity index (χ3n) is 6.98. The Morgan fingerprint density at radius 2 is 1.64 bits per heavy atom. The molecule has 0 bridgehead atoms. The van der Waals surface area contributed by atoms with Gasteiger partial charge in [-0.2, -0.15) is 0 Å². The van der Waals surface area contributed by atoms with Gasteiger partial charge in [-0.1, -0.05) is 12.1 Å². The highest BCUT2D eigenvalue weighted by Crippen LogP contribution is 2.35. The second kappa shape index (κ2) is 12.3. The fourth-order valence-electron chi connectivity index (χ4n) is 4.80. The first-order chi connectivity index (χ1) is 21.0. The van der Waals surface area contributed by atoms with Crippen LogP contribution in [0.25, 0.3) is 21.9 Å². The normalized spacial score (nSPS) is 13.8. The molecule has 3 heterocycles. The first-order valence-corrected chi connectivity index (χ1v) is 14.8. The molecule has 2 aromatic heterocycles. The number of anilines is 2. The molecule has 14 heteroatoms. The first-order valence-electron chi connectivity index (χ1n) is 13.3. The van der Waals surface area contributed by atoms with E-state index < -0.39 is 32.4 Å². The molecule has 1 N–H and O–H groups in total. The van der Waals surface area contributed by atoms with Crippen molar-refractivity contribution < 1.29 is 35.9 Å². The van der Waals surface area contributed by atoms with E-state index in [9.17, 15) is 31.2 Å². The second-order valence-corrected chi connectivity index (χ2v) is 11.6. The first kappa shape index (κ1) is 30.5. The number of halogens is 3. The van der Waals surface area contributed by atoms with Gasteiger partial charge in [0.25, 0.3) is 10.0 Å². The van der Waals surface area contributed by atoms with E-state index in [1.807, 2.05) is 4.90 Å². The van der Waals surface area contributed by atoms with Crippen molar-refractivity contribution in [2.24, 2.45) is 0 Å². The minimum absolute atomic E-state index is 0.0976. The van der Waals surface area contributed by atoms with Crippen LogP contribution >= 0.6 is 0 Å². The summed E-state index contributed by atoms with van der Waals surface area (Å²) < 4.78 is 75.8. The summed E-state index contributed by atoms with van der Waals surface area (Å²) in [4.78, 5) is 34.8. The van der Waals surface area contributed by atoms with Crippen LogP contribution < -0.4 is 14.4 Å². The van der Waals surface area contributed by atoms with Gasteiger partial charge in [0.1, 0.15) is 33.9 Å². The van der Waals surface area contributed by atoms with E-state index in [1.165, 1.54) is 38.4 Å². The molecule has 1 saturated heterocycles. The zero-order valence-corrected chi connectivity index (χ0v) is 24.4. The highest BCUT2D eigenvalue weighted by atomic mass is 32.2. The van der Waals surface area contributed by atoms with E-state index in [0.717, 1.165) is 18.3 Å². The minimum Gasteiger partial charge on any atom is -0.480 e. The third-order valence-corrected chi connectivity index (χ3v) is 8.37. The van der Waals surface area contributed by atoms with Crippen LogP contribution in [0.15, 0.2) is 71.9 Å². The minimum atomic E-state index is -4.50. The molecule has 0 unspecified atom stereocenters. The Morgan fingerprint density at radius 3 is 2.32 bits per heavy atom. The van der Waals surface area contributed by atoms with Crippen molar-refractivity contribution in [2.75, 3.05) is 42.9 Å². The molecule has 1 aliphatic rings. The van der Waals surface area contributed by atoms with Gasteiger partial charge in [0.15, 0.2) is 5.78 Å². The van der Waals surface area contributed by atoms with Gasteiger partial charge in [-0.3, -0.25) is 14.3 Å². The average Bonchev–Trinajstić information content (AvgIpc) is 2.99. The smallest absolute Gasteiger partial charge is 0.264 e. The summed E-state index contributed by atoms with van der Waals surface area (Å²) in [7, 11) is -3.22. The second-order valence-electron chi connectivity index (χ2n) is 9.91. The number of carbonyl (C=O) groups excluding carboxylic acids is 2. The van der Waals surface area contributed by atoms with Gasteiger partial charge in [-0.25, -0.2) is 31.6 Å². The lowest BCUT2D eigenvalue weighted by Gasteiger charge is -2.35. The molecule has 1 amide bonds. The van der Waals surface area contributed by atoms with Gasteiger partial charge < -0.3 is 14.5 Å². The number of allylic oxidation sites excluding steroid dienone is 1. The van der Waals surface area contributed by atoms with Crippen molar-refractivity contribution in [2.45, 2.75) is 11.8 Å². The molecule has 4 aromatic rings. The number of ketones is 1. The molecule has 2 aromatic carbocycles. The fraction of sp³-hybridized carbons (Fsp3) is 0.200. The maximum Gasteiger partial charge on any atom is 0.264 e. The number of amides is 1. The molecule has 0 saturated carbocycles. The summed E-state index contributed by atoms with van der Waals surface area (Å²) in [5, 5.41) is 0.779. The van der Waals surface area contributed by atoms with E-state index in [0.29, 0.717) is 60.0 Å². The van der Waals surface area contributed by atoms with Gasteiger partial charge in [-0.15, -0.1) is 0 Å². The zero-order valence-electron chi connectivity index (χ0n) is 23.6. The molecular weight excluding hydrogens is 599 g/mol. The lowest BCUT2D eigenvalue weighted by molar-refractivity contribution is -0.126. The SMILES string of the molecule is COc1ncc(-c2ccc3c(F)cnc(N4CCN(C(=O)C=CC(C)=O)CC4)c3c2)cc1NS(=O)(=O)c1ccc(F)cc1F. The van der Waals surface area contributed by atoms with Crippen LogP contribution in [0, 0.1) is 17.5 Å². The maximum atomic E-state index is 14.8. The summed E-state index contributed by atoms with van der Waals surface area (Å²) in [6, 6.07) is 8.42. The van der Waals surface area contributed by atoms with Crippen LogP contribution in [0.3, 0.4) is 0 Å². The Bertz CT molecular complexity index is 1910. The predicted molar refractivity (Wildman–Crippen MR) is 157 cm³/mol. The van der Waals surface area contributed by atoms with E-state index in [-0.39, 0.29) is 23.3 Å². The summed E-state index contributed by atoms with van der Waals surface area (Å²) >= 11 is 0. The number of nitrogens with zero attached hydrogens (tertiary/aromatic N) is 4. The molecule has 0 atom stereocenters. The Labute approximate surface area is 250 Å². The van der Waals surface area contributed by atoms with Gasteiger partial charge >= 0.3 is 0 Å². The van der Waals surface area contributed by atoms with Crippen LogP contribution in [0.2, 0.25) is 0 Å².